The molecule has 0 radical (unpaired) electrons. The monoisotopic (exact) mass is 307 g/mol. The van der Waals surface area contributed by atoms with Crippen molar-refractivity contribution in [3.8, 4) is 0 Å². The minimum Gasteiger partial charge on any atom is -0.379 e. The Morgan fingerprint density at radius 2 is 2.38 bits per heavy atom. The van der Waals surface area contributed by atoms with Gasteiger partial charge in [0.15, 0.2) is 0 Å². The molecule has 0 aromatic carbocycles. The maximum atomic E-state index is 11.7. The van der Waals surface area contributed by atoms with Crippen molar-refractivity contribution < 1.29 is 9.53 Å². The van der Waals surface area contributed by atoms with Gasteiger partial charge >= 0.3 is 0 Å². The number of rotatable bonds is 7. The van der Waals surface area contributed by atoms with Crippen LogP contribution >= 0.6 is 27.5 Å². The molecular formula is C9H14BrN3O2S. The van der Waals surface area contributed by atoms with Gasteiger partial charge in [-0.05, 0) is 18.0 Å². The molecule has 1 aromatic rings. The van der Waals surface area contributed by atoms with Crippen molar-refractivity contribution in [3.05, 3.63) is 10.6 Å². The van der Waals surface area contributed by atoms with Crippen molar-refractivity contribution in [2.24, 2.45) is 0 Å². The Kier molecular flexibility index (Phi) is 6.51. The highest BCUT2D eigenvalue weighted by molar-refractivity contribution is 9.09. The fourth-order valence-corrected chi connectivity index (χ4v) is 1.98. The minimum absolute atomic E-state index is 0.116. The van der Waals surface area contributed by atoms with E-state index in [9.17, 15) is 4.79 Å². The molecule has 0 fully saturated rings. The molecule has 7 heteroatoms. The first kappa shape index (κ1) is 13.5. The third-order valence-electron chi connectivity index (χ3n) is 1.85. The number of aryl methyl sites for hydroxylation is 1. The summed E-state index contributed by atoms with van der Waals surface area (Å²) in [6.45, 7) is 3.63. The predicted octanol–water partition coefficient (Wildman–Crippen LogP) is 1.24. The topological polar surface area (TPSA) is 64.1 Å². The Balaban J connectivity index is 2.30. The smallest absolute Gasteiger partial charge is 0.265 e. The highest BCUT2D eigenvalue weighted by Crippen LogP contribution is 2.10. The molecule has 0 aliphatic rings. The summed E-state index contributed by atoms with van der Waals surface area (Å²) >= 11 is 4.38. The van der Waals surface area contributed by atoms with Crippen molar-refractivity contribution in [2.45, 2.75) is 13.3 Å². The lowest BCUT2D eigenvalue weighted by atomic mass is 10.3. The van der Waals surface area contributed by atoms with E-state index in [0.717, 1.165) is 29.0 Å². The van der Waals surface area contributed by atoms with Gasteiger partial charge in [0.25, 0.3) is 5.91 Å². The third-order valence-corrected chi connectivity index (χ3v) is 2.94. The Morgan fingerprint density at radius 1 is 1.56 bits per heavy atom. The third kappa shape index (κ3) is 4.15. The Hall–Kier alpha value is -0.530. The molecule has 1 rings (SSSR count). The van der Waals surface area contributed by atoms with Crippen molar-refractivity contribution in [1.29, 1.82) is 0 Å². The van der Waals surface area contributed by atoms with Gasteiger partial charge in [-0.1, -0.05) is 27.3 Å². The number of nitrogens with zero attached hydrogens (tertiary/aromatic N) is 2. The van der Waals surface area contributed by atoms with Crippen molar-refractivity contribution >= 4 is 33.4 Å². The summed E-state index contributed by atoms with van der Waals surface area (Å²) in [6.07, 6.45) is 0.722. The molecule has 1 N–H and O–H groups in total. The van der Waals surface area contributed by atoms with E-state index in [2.05, 4.69) is 30.8 Å². The number of halogens is 1. The first-order valence-corrected chi connectivity index (χ1v) is 6.92. The van der Waals surface area contributed by atoms with Crippen LogP contribution in [0.2, 0.25) is 0 Å². The summed E-state index contributed by atoms with van der Waals surface area (Å²) in [5.74, 6) is -0.116. The number of hydrogen-bond donors (Lipinski definition) is 1. The van der Waals surface area contributed by atoms with E-state index in [1.165, 1.54) is 0 Å². The summed E-state index contributed by atoms with van der Waals surface area (Å²) < 4.78 is 8.98. The van der Waals surface area contributed by atoms with Gasteiger partial charge in [-0.2, -0.15) is 0 Å². The van der Waals surface area contributed by atoms with Gasteiger partial charge in [-0.3, -0.25) is 4.79 Å². The van der Waals surface area contributed by atoms with Crippen molar-refractivity contribution in [3.63, 3.8) is 0 Å². The van der Waals surface area contributed by atoms with Crippen molar-refractivity contribution in [1.82, 2.24) is 14.9 Å². The minimum atomic E-state index is -0.116. The molecule has 0 unspecified atom stereocenters. The maximum Gasteiger partial charge on any atom is 0.265 e. The van der Waals surface area contributed by atoms with E-state index in [1.807, 2.05) is 6.92 Å². The van der Waals surface area contributed by atoms with Crippen molar-refractivity contribution in [2.75, 3.05) is 25.1 Å². The van der Waals surface area contributed by atoms with Crippen LogP contribution in [-0.4, -0.2) is 40.6 Å². The van der Waals surface area contributed by atoms with Crippen LogP contribution in [0.25, 0.3) is 0 Å². The summed E-state index contributed by atoms with van der Waals surface area (Å²) in [5, 5.41) is 7.46. The molecule has 90 valence electrons. The summed E-state index contributed by atoms with van der Waals surface area (Å²) in [4.78, 5) is 12.3. The van der Waals surface area contributed by atoms with Gasteiger partial charge in [0, 0.05) is 11.9 Å². The van der Waals surface area contributed by atoms with E-state index in [0.29, 0.717) is 24.6 Å². The number of amides is 1. The van der Waals surface area contributed by atoms with Crippen LogP contribution in [0.5, 0.6) is 0 Å². The number of alkyl halides is 1. The second kappa shape index (κ2) is 7.70. The summed E-state index contributed by atoms with van der Waals surface area (Å²) in [5.41, 5.74) is 0.754. The molecule has 0 aliphatic heterocycles. The molecule has 0 spiro atoms. The standard InChI is InChI=1S/C9H14BrN3O2S/c1-2-7-8(16-13-12-7)9(14)11-4-6-15-5-3-10/h2-6H2,1H3,(H,11,14). The lowest BCUT2D eigenvalue weighted by molar-refractivity contribution is 0.0927. The maximum absolute atomic E-state index is 11.7. The van der Waals surface area contributed by atoms with Crippen LogP contribution in [0, 0.1) is 0 Å². The zero-order chi connectivity index (χ0) is 11.8. The zero-order valence-corrected chi connectivity index (χ0v) is 11.4. The van der Waals surface area contributed by atoms with Gasteiger partial charge < -0.3 is 10.1 Å². The molecule has 5 nitrogen and oxygen atoms in total. The van der Waals surface area contributed by atoms with Crippen LogP contribution < -0.4 is 5.32 Å². The van der Waals surface area contributed by atoms with E-state index >= 15 is 0 Å². The number of hydrogen-bond acceptors (Lipinski definition) is 5. The molecule has 0 bridgehead atoms. The molecule has 0 atom stereocenters. The van der Waals surface area contributed by atoms with Crippen LogP contribution in [-0.2, 0) is 11.2 Å². The number of nitrogens with one attached hydrogen (secondary N) is 1. The average Bonchev–Trinajstić information content (AvgIpc) is 2.76. The van der Waals surface area contributed by atoms with Gasteiger partial charge in [-0.25, -0.2) is 0 Å². The molecule has 1 heterocycles. The fraction of sp³-hybridized carbons (Fsp3) is 0.667. The van der Waals surface area contributed by atoms with Crippen LogP contribution in [0.4, 0.5) is 0 Å². The summed E-state index contributed by atoms with van der Waals surface area (Å²) in [6, 6.07) is 0. The lowest BCUT2D eigenvalue weighted by Gasteiger charge is -2.04. The number of aromatic nitrogens is 2. The highest BCUT2D eigenvalue weighted by atomic mass is 79.9. The lowest BCUT2D eigenvalue weighted by Crippen LogP contribution is -2.27. The number of carbonyl (C=O) groups is 1. The Bertz CT molecular complexity index is 332. The van der Waals surface area contributed by atoms with Crippen LogP contribution in [0.3, 0.4) is 0 Å². The van der Waals surface area contributed by atoms with E-state index < -0.39 is 0 Å². The molecule has 16 heavy (non-hydrogen) atoms. The quantitative estimate of drug-likeness (QED) is 0.608. The SMILES string of the molecule is CCc1nnsc1C(=O)NCCOCCBr. The molecular weight excluding hydrogens is 294 g/mol. The van der Waals surface area contributed by atoms with E-state index in [-0.39, 0.29) is 5.91 Å². The zero-order valence-electron chi connectivity index (χ0n) is 9.03. The average molecular weight is 308 g/mol. The van der Waals surface area contributed by atoms with Gasteiger partial charge in [0.1, 0.15) is 4.88 Å². The molecule has 0 saturated heterocycles. The number of ether oxygens (including phenoxy) is 1. The highest BCUT2D eigenvalue weighted by Gasteiger charge is 2.13. The van der Waals surface area contributed by atoms with Gasteiger partial charge in [-0.15, -0.1) is 5.10 Å². The van der Waals surface area contributed by atoms with Crippen LogP contribution in [0.1, 0.15) is 22.3 Å². The summed E-state index contributed by atoms with van der Waals surface area (Å²) in [7, 11) is 0. The van der Waals surface area contributed by atoms with E-state index in [4.69, 9.17) is 4.74 Å². The molecule has 1 aromatic heterocycles. The molecule has 1 amide bonds. The second-order valence-corrected chi connectivity index (χ2v) is 4.51. The molecule has 0 saturated carbocycles. The van der Waals surface area contributed by atoms with Gasteiger partial charge in [0.2, 0.25) is 0 Å². The van der Waals surface area contributed by atoms with Crippen LogP contribution in [0.15, 0.2) is 0 Å². The predicted molar refractivity (Wildman–Crippen MR) is 66.2 cm³/mol. The Labute approximate surface area is 107 Å². The Morgan fingerprint density at radius 3 is 3.06 bits per heavy atom. The fourth-order valence-electron chi connectivity index (χ4n) is 1.09. The van der Waals surface area contributed by atoms with Gasteiger partial charge in [0.05, 0.1) is 18.9 Å². The first-order chi connectivity index (χ1) is 7.79. The second-order valence-electron chi connectivity index (χ2n) is 2.96. The first-order valence-electron chi connectivity index (χ1n) is 5.02. The molecule has 0 aliphatic carbocycles. The number of carbonyl (C=O) groups excluding carboxylic acids is 1. The normalized spacial score (nSPS) is 10.4. The van der Waals surface area contributed by atoms with E-state index in [1.54, 1.807) is 0 Å². The largest absolute Gasteiger partial charge is 0.379 e.